The van der Waals surface area contributed by atoms with Crippen LogP contribution < -0.4 is 4.74 Å². The lowest BCUT2D eigenvalue weighted by Crippen LogP contribution is -2.57. The third-order valence-corrected chi connectivity index (χ3v) is 9.39. The summed E-state index contributed by atoms with van der Waals surface area (Å²) in [5.74, 6) is -3.98. The van der Waals surface area contributed by atoms with Gasteiger partial charge in [-0.1, -0.05) is 48.5 Å². The maximum atomic E-state index is 13.9. The van der Waals surface area contributed by atoms with Gasteiger partial charge in [0.15, 0.2) is 12.4 Å². The smallest absolute Gasteiger partial charge is 0.329 e. The number of halogens is 2. The van der Waals surface area contributed by atoms with Gasteiger partial charge in [0.05, 0.1) is 18.9 Å². The number of hydrogen-bond acceptors (Lipinski definition) is 6. The molecule has 0 spiro atoms. The number of alkyl halides is 2. The summed E-state index contributed by atoms with van der Waals surface area (Å²) in [6.45, 7) is 0.853. The number of rotatable bonds is 6. The van der Waals surface area contributed by atoms with Gasteiger partial charge in [0.25, 0.3) is 0 Å². The van der Waals surface area contributed by atoms with Crippen LogP contribution in [0.5, 0.6) is 5.75 Å². The molecule has 1 heterocycles. The van der Waals surface area contributed by atoms with Crippen molar-refractivity contribution in [1.82, 2.24) is 4.90 Å². The summed E-state index contributed by atoms with van der Waals surface area (Å²) in [7, 11) is 1.51. The number of methoxy groups -OCH3 is 1. The Kier molecular flexibility index (Phi) is 5.86. The number of ether oxygens (including phenoxy) is 2. The van der Waals surface area contributed by atoms with Crippen molar-refractivity contribution in [3.63, 3.8) is 0 Å². The number of benzene rings is 3. The van der Waals surface area contributed by atoms with Crippen molar-refractivity contribution in [3.05, 3.63) is 101 Å². The Balaban J connectivity index is 1.30. The van der Waals surface area contributed by atoms with E-state index in [0.717, 1.165) is 4.90 Å². The fraction of sp³-hybridized carbons (Fsp3) is 0.267. The zero-order valence-corrected chi connectivity index (χ0v) is 22.5. The standard InChI is InChI=1S/C30H23Cl2NO6/c1-16(28(37)39-15-23(34)17-11-13-18(38-2)14-12-17)33-26(35)24-25(27(33)36)30(32)20-8-4-3-7-19(20)29(24,31)21-9-5-6-10-22(21)30/h3-14,16,24-25H,15H2,1-2H3/t16-,24-,25-,29?,30?/m0/s1. The number of likely N-dealkylation sites (tertiary alicyclic amines) is 1. The van der Waals surface area contributed by atoms with Gasteiger partial charge in [0.1, 0.15) is 21.5 Å². The quantitative estimate of drug-likeness (QED) is 0.191. The van der Waals surface area contributed by atoms with Crippen LogP contribution in [0.3, 0.4) is 0 Å². The Hall–Kier alpha value is -3.68. The molecule has 1 fully saturated rings. The monoisotopic (exact) mass is 563 g/mol. The number of hydrogen-bond donors (Lipinski definition) is 0. The summed E-state index contributed by atoms with van der Waals surface area (Å²) in [5, 5.41) is 0. The van der Waals surface area contributed by atoms with Crippen LogP contribution in [0, 0.1) is 11.8 Å². The molecule has 1 aliphatic heterocycles. The van der Waals surface area contributed by atoms with Crippen LogP contribution >= 0.6 is 23.2 Å². The highest BCUT2D eigenvalue weighted by Gasteiger charge is 2.73. The summed E-state index contributed by atoms with van der Waals surface area (Å²) in [6.07, 6.45) is 0. The summed E-state index contributed by atoms with van der Waals surface area (Å²) >= 11 is 14.8. The van der Waals surface area contributed by atoms with Crippen molar-refractivity contribution in [1.29, 1.82) is 0 Å². The third-order valence-electron chi connectivity index (χ3n) is 8.11. The van der Waals surface area contributed by atoms with Crippen LogP contribution in [0.15, 0.2) is 72.8 Å². The van der Waals surface area contributed by atoms with Crippen LogP contribution in [0.1, 0.15) is 39.5 Å². The van der Waals surface area contributed by atoms with Gasteiger partial charge in [-0.05, 0) is 53.4 Å². The Morgan fingerprint density at radius 2 is 1.26 bits per heavy atom. The number of amides is 2. The average Bonchev–Trinajstić information content (AvgIpc) is 3.24. The van der Waals surface area contributed by atoms with Crippen LogP contribution in [0.2, 0.25) is 0 Å². The topological polar surface area (TPSA) is 90.0 Å². The Labute approximate surface area is 234 Å². The largest absolute Gasteiger partial charge is 0.497 e. The fourth-order valence-corrected chi connectivity index (χ4v) is 7.39. The molecule has 3 aliphatic carbocycles. The highest BCUT2D eigenvalue weighted by atomic mass is 35.5. The van der Waals surface area contributed by atoms with Gasteiger partial charge in [-0.15, -0.1) is 23.2 Å². The average molecular weight is 564 g/mol. The van der Waals surface area contributed by atoms with E-state index in [4.69, 9.17) is 32.7 Å². The molecule has 39 heavy (non-hydrogen) atoms. The zero-order chi connectivity index (χ0) is 27.7. The predicted molar refractivity (Wildman–Crippen MR) is 143 cm³/mol. The summed E-state index contributed by atoms with van der Waals surface area (Å²) in [4.78, 5) is 51.7. The van der Waals surface area contributed by atoms with E-state index in [1.54, 1.807) is 24.3 Å². The normalized spacial score (nSPS) is 26.9. The molecule has 0 unspecified atom stereocenters. The number of Topliss-reactive ketones (excluding diaryl/α,β-unsaturated/α-hetero) is 1. The molecular weight excluding hydrogens is 541 g/mol. The first-order valence-corrected chi connectivity index (χ1v) is 13.2. The number of esters is 1. The van der Waals surface area contributed by atoms with Gasteiger partial charge >= 0.3 is 5.97 Å². The van der Waals surface area contributed by atoms with Crippen molar-refractivity contribution in [2.75, 3.05) is 13.7 Å². The maximum Gasteiger partial charge on any atom is 0.329 e. The molecule has 0 saturated carbocycles. The van der Waals surface area contributed by atoms with Crippen molar-refractivity contribution >= 4 is 46.8 Å². The number of imide groups is 1. The lowest BCUT2D eigenvalue weighted by atomic mass is 9.54. The molecule has 1 saturated heterocycles. The van der Waals surface area contributed by atoms with Crippen molar-refractivity contribution in [2.45, 2.75) is 22.7 Å². The molecule has 2 amide bonds. The lowest BCUT2D eigenvalue weighted by molar-refractivity contribution is -0.157. The Bertz CT molecular complexity index is 1430. The molecule has 4 aliphatic rings. The minimum absolute atomic E-state index is 0.330. The van der Waals surface area contributed by atoms with Gasteiger partial charge in [0, 0.05) is 5.56 Å². The second kappa shape index (κ2) is 8.93. The fourth-order valence-electron chi connectivity index (χ4n) is 6.29. The van der Waals surface area contributed by atoms with E-state index in [2.05, 4.69) is 0 Å². The second-order valence-corrected chi connectivity index (χ2v) is 11.1. The summed E-state index contributed by atoms with van der Waals surface area (Å²) < 4.78 is 10.3. The zero-order valence-electron chi connectivity index (χ0n) is 21.0. The van der Waals surface area contributed by atoms with E-state index >= 15 is 0 Å². The van der Waals surface area contributed by atoms with E-state index in [1.807, 2.05) is 48.5 Å². The Morgan fingerprint density at radius 3 is 1.67 bits per heavy atom. The van der Waals surface area contributed by atoms with E-state index in [-0.39, 0.29) is 0 Å². The highest BCUT2D eigenvalue weighted by Crippen LogP contribution is 2.69. The molecule has 3 aromatic rings. The van der Waals surface area contributed by atoms with E-state index in [9.17, 15) is 19.2 Å². The first-order chi connectivity index (χ1) is 18.6. The van der Waals surface area contributed by atoms with E-state index in [1.165, 1.54) is 14.0 Å². The molecule has 7 nitrogen and oxygen atoms in total. The van der Waals surface area contributed by atoms with Crippen molar-refractivity contribution in [3.8, 4) is 5.75 Å². The maximum absolute atomic E-state index is 13.9. The molecule has 0 N–H and O–H groups in total. The van der Waals surface area contributed by atoms with Gasteiger partial charge in [0.2, 0.25) is 11.8 Å². The van der Waals surface area contributed by atoms with Gasteiger partial charge in [-0.25, -0.2) is 4.79 Å². The van der Waals surface area contributed by atoms with Crippen LogP contribution in [0.25, 0.3) is 0 Å². The molecule has 0 radical (unpaired) electrons. The summed E-state index contributed by atoms with van der Waals surface area (Å²) in [6, 6.07) is 19.7. The Morgan fingerprint density at radius 1 is 0.821 bits per heavy atom. The SMILES string of the molecule is COc1ccc(C(=O)COC(=O)[C@H](C)N2C(=O)[C@@H]3[C@@H](C2=O)C2(Cl)c4ccccc4C3(Cl)c3ccccc32)cc1. The molecule has 7 rings (SSSR count). The first kappa shape index (κ1) is 25.6. The number of ketones is 1. The van der Waals surface area contributed by atoms with E-state index < -0.39 is 57.8 Å². The second-order valence-electron chi connectivity index (χ2n) is 9.95. The summed E-state index contributed by atoms with van der Waals surface area (Å²) in [5.41, 5.74) is 3.01. The van der Waals surface area contributed by atoms with Gasteiger partial charge in [-0.3, -0.25) is 19.3 Å². The molecule has 0 aromatic heterocycles. The molecular formula is C30H23Cl2NO6. The minimum Gasteiger partial charge on any atom is -0.497 e. The molecule has 3 aromatic carbocycles. The molecule has 2 bridgehead atoms. The molecule has 9 heteroatoms. The van der Waals surface area contributed by atoms with Crippen LogP contribution in [0.4, 0.5) is 0 Å². The first-order valence-electron chi connectivity index (χ1n) is 12.4. The van der Waals surface area contributed by atoms with Gasteiger partial charge in [-0.2, -0.15) is 0 Å². The number of nitrogens with zero attached hydrogens (tertiary/aromatic N) is 1. The van der Waals surface area contributed by atoms with Crippen molar-refractivity contribution < 1.29 is 28.7 Å². The number of carbonyl (C=O) groups is 4. The minimum atomic E-state index is -1.34. The predicted octanol–water partition coefficient (Wildman–Crippen LogP) is 4.40. The van der Waals surface area contributed by atoms with Crippen LogP contribution in [-0.2, 0) is 28.9 Å². The third kappa shape index (κ3) is 3.36. The number of carbonyl (C=O) groups excluding carboxylic acids is 4. The van der Waals surface area contributed by atoms with E-state index in [0.29, 0.717) is 33.6 Å². The van der Waals surface area contributed by atoms with Crippen molar-refractivity contribution in [2.24, 2.45) is 11.8 Å². The highest BCUT2D eigenvalue weighted by molar-refractivity contribution is 6.36. The molecule has 3 atom stereocenters. The molecule has 198 valence electrons. The van der Waals surface area contributed by atoms with Crippen LogP contribution in [-0.4, -0.2) is 48.2 Å². The lowest BCUT2D eigenvalue weighted by Gasteiger charge is -2.54. The van der Waals surface area contributed by atoms with Gasteiger partial charge < -0.3 is 9.47 Å².